The van der Waals surface area contributed by atoms with Crippen LogP contribution in [0, 0.1) is 23.7 Å². The van der Waals surface area contributed by atoms with E-state index in [1.807, 2.05) is 6.92 Å². The first-order valence-electron chi connectivity index (χ1n) is 7.77. The number of anilines is 1. The molecule has 0 atom stereocenters. The predicted molar refractivity (Wildman–Crippen MR) is 94.2 cm³/mol. The summed E-state index contributed by atoms with van der Waals surface area (Å²) in [4.78, 5) is 8.90. The Morgan fingerprint density at radius 1 is 1.43 bits per heavy atom. The summed E-state index contributed by atoms with van der Waals surface area (Å²) in [6.07, 6.45) is 4.10. The summed E-state index contributed by atoms with van der Waals surface area (Å²) in [6.45, 7) is 8.38. The number of hydrogen-bond donors (Lipinski definition) is 2. The van der Waals surface area contributed by atoms with Crippen molar-refractivity contribution in [3.8, 4) is 6.07 Å². The Morgan fingerprint density at radius 2 is 2.17 bits per heavy atom. The van der Waals surface area contributed by atoms with Crippen LogP contribution in [0.3, 0.4) is 0 Å². The molecule has 1 saturated carbocycles. The maximum Gasteiger partial charge on any atom is 0.223 e. The topological polar surface area (TPSA) is 73.6 Å². The highest BCUT2D eigenvalue weighted by molar-refractivity contribution is 8.06. The second-order valence-corrected chi connectivity index (χ2v) is 7.86. The molecule has 23 heavy (non-hydrogen) atoms. The molecule has 2 N–H and O–H groups in total. The van der Waals surface area contributed by atoms with Gasteiger partial charge in [-0.15, -0.1) is 0 Å². The lowest BCUT2D eigenvalue weighted by molar-refractivity contribution is 0.481. The van der Waals surface area contributed by atoms with Gasteiger partial charge in [0.15, 0.2) is 0 Å². The quantitative estimate of drug-likeness (QED) is 0.823. The van der Waals surface area contributed by atoms with Gasteiger partial charge in [-0.25, -0.2) is 9.97 Å². The third-order valence-corrected chi connectivity index (χ3v) is 4.70. The normalized spacial score (nSPS) is 19.7. The standard InChI is InChI=1S/C17H21N5S/c1-10-8-19-16(20-11-5-6-11)22-14(10)12(7-18)15-21-13(9-23-15)17(2,3)4/h8-9,11,21H,5-6H2,1-4H3,(H,19,20,22). The average Bonchev–Trinajstić information content (AvgIpc) is 3.15. The minimum Gasteiger partial charge on any atom is -0.351 e. The van der Waals surface area contributed by atoms with Gasteiger partial charge in [0.2, 0.25) is 5.95 Å². The number of aryl methyl sites for hydroxylation is 1. The Labute approximate surface area is 141 Å². The van der Waals surface area contributed by atoms with Crippen LogP contribution in [-0.4, -0.2) is 16.0 Å². The van der Waals surface area contributed by atoms with E-state index in [2.05, 4.69) is 52.9 Å². The zero-order valence-electron chi connectivity index (χ0n) is 13.9. The van der Waals surface area contributed by atoms with Crippen LogP contribution in [0.1, 0.15) is 44.9 Å². The number of nitrogens with one attached hydrogen (secondary N) is 2. The van der Waals surface area contributed by atoms with Crippen LogP contribution >= 0.6 is 11.8 Å². The van der Waals surface area contributed by atoms with Crippen LogP contribution in [0.25, 0.3) is 5.57 Å². The average molecular weight is 327 g/mol. The first kappa shape index (κ1) is 15.9. The molecule has 5 nitrogen and oxygen atoms in total. The van der Waals surface area contributed by atoms with Crippen molar-refractivity contribution in [3.63, 3.8) is 0 Å². The molecule has 6 heteroatoms. The smallest absolute Gasteiger partial charge is 0.223 e. The third kappa shape index (κ3) is 3.50. The third-order valence-electron chi connectivity index (χ3n) is 3.81. The summed E-state index contributed by atoms with van der Waals surface area (Å²) in [6, 6.07) is 2.80. The van der Waals surface area contributed by atoms with Gasteiger partial charge in [0, 0.05) is 23.4 Å². The summed E-state index contributed by atoms with van der Waals surface area (Å²) in [5.41, 5.74) is 3.32. The molecule has 0 radical (unpaired) electrons. The van der Waals surface area contributed by atoms with Crippen molar-refractivity contribution < 1.29 is 0 Å². The Hall–Kier alpha value is -2.00. The maximum absolute atomic E-state index is 9.67. The van der Waals surface area contributed by atoms with Gasteiger partial charge in [0.1, 0.15) is 11.6 Å². The highest BCUT2D eigenvalue weighted by Crippen LogP contribution is 2.38. The molecule has 1 aliphatic heterocycles. The van der Waals surface area contributed by atoms with Crippen molar-refractivity contribution in [1.29, 1.82) is 5.26 Å². The predicted octanol–water partition coefficient (Wildman–Crippen LogP) is 3.78. The van der Waals surface area contributed by atoms with Crippen molar-refractivity contribution in [1.82, 2.24) is 15.3 Å². The maximum atomic E-state index is 9.67. The van der Waals surface area contributed by atoms with Crippen molar-refractivity contribution >= 4 is 23.3 Å². The summed E-state index contributed by atoms with van der Waals surface area (Å²) in [7, 11) is 0. The van der Waals surface area contributed by atoms with Gasteiger partial charge in [0.25, 0.3) is 0 Å². The molecular formula is C17H21N5S. The van der Waals surface area contributed by atoms with E-state index in [4.69, 9.17) is 0 Å². The number of rotatable bonds is 3. The van der Waals surface area contributed by atoms with E-state index < -0.39 is 0 Å². The fourth-order valence-electron chi connectivity index (χ4n) is 2.17. The van der Waals surface area contributed by atoms with Crippen LogP contribution < -0.4 is 10.6 Å². The van der Waals surface area contributed by atoms with Crippen molar-refractivity contribution in [2.45, 2.75) is 46.6 Å². The first-order valence-corrected chi connectivity index (χ1v) is 8.65. The molecule has 2 aliphatic rings. The van der Waals surface area contributed by atoms with E-state index in [9.17, 15) is 5.26 Å². The molecule has 0 unspecified atom stereocenters. The minimum absolute atomic E-state index is 0.0225. The Bertz CT molecular complexity index is 732. The van der Waals surface area contributed by atoms with E-state index >= 15 is 0 Å². The van der Waals surface area contributed by atoms with Gasteiger partial charge in [-0.3, -0.25) is 0 Å². The zero-order valence-corrected chi connectivity index (χ0v) is 14.7. The van der Waals surface area contributed by atoms with Crippen molar-refractivity contribution in [2.75, 3.05) is 5.32 Å². The molecule has 1 aromatic heterocycles. The molecule has 2 heterocycles. The first-order chi connectivity index (χ1) is 10.9. The molecular weight excluding hydrogens is 306 g/mol. The molecule has 1 aromatic rings. The van der Waals surface area contributed by atoms with E-state index in [-0.39, 0.29) is 5.41 Å². The van der Waals surface area contributed by atoms with Crippen LogP contribution in [0.2, 0.25) is 0 Å². The Kier molecular flexibility index (Phi) is 4.07. The van der Waals surface area contributed by atoms with Crippen LogP contribution in [0.4, 0.5) is 5.95 Å². The summed E-state index contributed by atoms with van der Waals surface area (Å²) < 4.78 is 0. The van der Waals surface area contributed by atoms with E-state index in [1.165, 1.54) is 0 Å². The minimum atomic E-state index is 0.0225. The number of allylic oxidation sites excluding steroid dienone is 2. The monoisotopic (exact) mass is 327 g/mol. The fourth-order valence-corrected chi connectivity index (χ4v) is 3.25. The van der Waals surface area contributed by atoms with Gasteiger partial charge in [-0.2, -0.15) is 5.26 Å². The lowest BCUT2D eigenvalue weighted by atomic mass is 9.93. The number of nitriles is 1. The van der Waals surface area contributed by atoms with Gasteiger partial charge in [-0.1, -0.05) is 32.5 Å². The molecule has 1 aliphatic carbocycles. The molecule has 0 saturated heterocycles. The molecule has 1 fully saturated rings. The van der Waals surface area contributed by atoms with Crippen LogP contribution in [0.5, 0.6) is 0 Å². The van der Waals surface area contributed by atoms with Crippen molar-refractivity contribution in [2.24, 2.45) is 5.41 Å². The largest absolute Gasteiger partial charge is 0.351 e. The van der Waals surface area contributed by atoms with Crippen LogP contribution in [0.15, 0.2) is 22.3 Å². The fraction of sp³-hybridized carbons (Fsp3) is 0.471. The summed E-state index contributed by atoms with van der Waals surface area (Å²) in [5, 5.41) is 19.3. The number of aromatic nitrogens is 2. The van der Waals surface area contributed by atoms with Gasteiger partial charge in [0.05, 0.1) is 10.7 Å². The second kappa shape index (κ2) is 5.89. The molecule has 0 spiro atoms. The molecule has 0 aromatic carbocycles. The number of nitrogens with zero attached hydrogens (tertiary/aromatic N) is 3. The van der Waals surface area contributed by atoms with E-state index in [0.29, 0.717) is 23.3 Å². The van der Waals surface area contributed by atoms with E-state index in [1.54, 1.807) is 18.0 Å². The zero-order chi connectivity index (χ0) is 16.6. The molecule has 0 amide bonds. The second-order valence-electron chi connectivity index (χ2n) is 6.98. The Morgan fingerprint density at radius 3 is 2.74 bits per heavy atom. The highest BCUT2D eigenvalue weighted by Gasteiger charge is 2.26. The van der Waals surface area contributed by atoms with Gasteiger partial charge < -0.3 is 10.6 Å². The van der Waals surface area contributed by atoms with Crippen LogP contribution in [-0.2, 0) is 0 Å². The van der Waals surface area contributed by atoms with Gasteiger partial charge >= 0.3 is 0 Å². The van der Waals surface area contributed by atoms with Gasteiger partial charge in [-0.05, 0) is 30.7 Å². The molecule has 120 valence electrons. The number of hydrogen-bond acceptors (Lipinski definition) is 6. The highest BCUT2D eigenvalue weighted by atomic mass is 32.2. The lowest BCUT2D eigenvalue weighted by Crippen LogP contribution is -2.20. The number of thioether (sulfide) groups is 1. The molecule has 0 bridgehead atoms. The summed E-state index contributed by atoms with van der Waals surface area (Å²) >= 11 is 1.55. The summed E-state index contributed by atoms with van der Waals surface area (Å²) in [5.74, 6) is 0.605. The SMILES string of the molecule is Cc1cnc(NC2CC2)nc1C(C#N)=C1NC(C(C)(C)C)=CS1. The lowest BCUT2D eigenvalue weighted by Gasteiger charge is -2.20. The van der Waals surface area contributed by atoms with E-state index in [0.717, 1.165) is 29.1 Å². The molecule has 3 rings (SSSR count). The van der Waals surface area contributed by atoms with Crippen molar-refractivity contribution in [3.05, 3.63) is 33.6 Å². The Balaban J connectivity index is 1.92.